The molecule has 1 heterocycles. The molecule has 0 aliphatic carbocycles. The predicted molar refractivity (Wildman–Crippen MR) is 89.5 cm³/mol. The third-order valence-electron chi connectivity index (χ3n) is 4.28. The lowest BCUT2D eigenvalue weighted by molar-refractivity contribution is -0.00252. The van der Waals surface area contributed by atoms with Crippen molar-refractivity contribution in [1.29, 1.82) is 0 Å². The molecule has 0 fully saturated rings. The number of aromatic hydroxyl groups is 3. The molecule has 2 aromatic rings. The molecule has 1 aliphatic rings. The fourth-order valence-corrected chi connectivity index (χ4v) is 2.91. The standard InChI is InChI=1S/C18H18O8/c1-24-11-4-3-9(5-10(11)19)7-18(23)8-26-12-6-13(25-2)15(20)16(21)14(12)17(18)22/h3-6,19-21,23H,7-8H2,1-2H3/t18-/m0/s1. The maximum Gasteiger partial charge on any atom is 0.205 e. The normalized spacial score (nSPS) is 18.8. The van der Waals surface area contributed by atoms with Gasteiger partial charge < -0.3 is 34.6 Å². The first-order valence-electron chi connectivity index (χ1n) is 7.69. The molecule has 1 atom stereocenters. The van der Waals surface area contributed by atoms with Crippen LogP contribution in [0.5, 0.6) is 34.5 Å². The van der Waals surface area contributed by atoms with E-state index in [-0.39, 0.29) is 41.6 Å². The number of methoxy groups -OCH3 is 2. The van der Waals surface area contributed by atoms with Gasteiger partial charge in [-0.15, -0.1) is 0 Å². The van der Waals surface area contributed by atoms with E-state index in [0.29, 0.717) is 5.56 Å². The lowest BCUT2D eigenvalue weighted by Crippen LogP contribution is -2.49. The Morgan fingerprint density at radius 3 is 2.38 bits per heavy atom. The van der Waals surface area contributed by atoms with Gasteiger partial charge in [-0.1, -0.05) is 6.07 Å². The van der Waals surface area contributed by atoms with Gasteiger partial charge in [0, 0.05) is 12.5 Å². The van der Waals surface area contributed by atoms with E-state index < -0.39 is 22.9 Å². The number of hydrogen-bond donors (Lipinski definition) is 4. The lowest BCUT2D eigenvalue weighted by atomic mass is 9.84. The van der Waals surface area contributed by atoms with E-state index in [1.807, 2.05) is 0 Å². The largest absolute Gasteiger partial charge is 0.504 e. The van der Waals surface area contributed by atoms with Crippen LogP contribution in [-0.4, -0.2) is 52.6 Å². The Morgan fingerprint density at radius 1 is 1.08 bits per heavy atom. The number of aliphatic hydroxyl groups is 1. The summed E-state index contributed by atoms with van der Waals surface area (Å²) in [6, 6.07) is 5.72. The highest BCUT2D eigenvalue weighted by molar-refractivity contribution is 6.08. The number of benzene rings is 2. The van der Waals surface area contributed by atoms with Crippen LogP contribution in [0.4, 0.5) is 0 Å². The molecular weight excluding hydrogens is 344 g/mol. The van der Waals surface area contributed by atoms with E-state index in [9.17, 15) is 25.2 Å². The van der Waals surface area contributed by atoms with Crippen LogP contribution in [0.1, 0.15) is 15.9 Å². The van der Waals surface area contributed by atoms with E-state index in [2.05, 4.69) is 0 Å². The maximum absolute atomic E-state index is 12.8. The SMILES string of the molecule is COc1ccc(C[C@]2(O)COc3cc(OC)c(O)c(O)c3C2=O)cc1O. The van der Waals surface area contributed by atoms with Crippen LogP contribution >= 0.6 is 0 Å². The van der Waals surface area contributed by atoms with E-state index in [1.165, 1.54) is 32.4 Å². The molecule has 0 saturated heterocycles. The van der Waals surface area contributed by atoms with Crippen LogP contribution in [0.25, 0.3) is 0 Å². The molecule has 0 bridgehead atoms. The number of carbonyl (C=O) groups is 1. The summed E-state index contributed by atoms with van der Waals surface area (Å²) in [5.41, 5.74) is -1.84. The van der Waals surface area contributed by atoms with Gasteiger partial charge in [0.05, 0.1) is 14.2 Å². The van der Waals surface area contributed by atoms with Gasteiger partial charge in [-0.2, -0.15) is 0 Å². The number of phenolic OH excluding ortho intramolecular Hbond substituents is 3. The van der Waals surface area contributed by atoms with Gasteiger partial charge in [-0.05, 0) is 17.7 Å². The molecule has 1 aliphatic heterocycles. The number of hydrogen-bond acceptors (Lipinski definition) is 8. The molecule has 0 saturated carbocycles. The van der Waals surface area contributed by atoms with Gasteiger partial charge in [0.1, 0.15) is 17.9 Å². The van der Waals surface area contributed by atoms with Crippen molar-refractivity contribution in [2.75, 3.05) is 20.8 Å². The zero-order chi connectivity index (χ0) is 19.1. The Bertz CT molecular complexity index is 876. The van der Waals surface area contributed by atoms with Crippen molar-refractivity contribution in [2.45, 2.75) is 12.0 Å². The van der Waals surface area contributed by atoms with Crippen molar-refractivity contribution < 1.29 is 39.4 Å². The highest BCUT2D eigenvalue weighted by Gasteiger charge is 2.45. The maximum atomic E-state index is 12.8. The summed E-state index contributed by atoms with van der Waals surface area (Å²) < 4.78 is 15.3. The summed E-state index contributed by atoms with van der Waals surface area (Å²) >= 11 is 0. The van der Waals surface area contributed by atoms with Crippen LogP contribution in [0.2, 0.25) is 0 Å². The van der Waals surface area contributed by atoms with Crippen LogP contribution in [0.3, 0.4) is 0 Å². The Labute approximate surface area is 148 Å². The Kier molecular flexibility index (Phi) is 4.29. The highest BCUT2D eigenvalue weighted by atomic mass is 16.5. The minimum atomic E-state index is -1.98. The fraction of sp³-hybridized carbons (Fsp3) is 0.278. The van der Waals surface area contributed by atoms with Crippen LogP contribution in [0, 0.1) is 0 Å². The molecule has 138 valence electrons. The molecule has 8 heteroatoms. The van der Waals surface area contributed by atoms with Gasteiger partial charge in [0.25, 0.3) is 0 Å². The summed E-state index contributed by atoms with van der Waals surface area (Å²) in [4.78, 5) is 12.8. The van der Waals surface area contributed by atoms with Crippen molar-refractivity contribution in [3.8, 4) is 34.5 Å². The molecule has 0 radical (unpaired) electrons. The molecule has 8 nitrogen and oxygen atoms in total. The third kappa shape index (κ3) is 2.74. The molecule has 26 heavy (non-hydrogen) atoms. The second kappa shape index (κ2) is 6.30. The Morgan fingerprint density at radius 2 is 1.77 bits per heavy atom. The summed E-state index contributed by atoms with van der Waals surface area (Å²) in [7, 11) is 2.69. The Hall–Kier alpha value is -3.13. The second-order valence-electron chi connectivity index (χ2n) is 5.98. The van der Waals surface area contributed by atoms with Crippen LogP contribution < -0.4 is 14.2 Å². The van der Waals surface area contributed by atoms with E-state index in [1.54, 1.807) is 6.07 Å². The predicted octanol–water partition coefficient (Wildman–Crippen LogP) is 1.37. The monoisotopic (exact) mass is 362 g/mol. The molecular formula is C18H18O8. The molecule has 0 aromatic heterocycles. The minimum absolute atomic E-state index is 0.00408. The molecule has 0 spiro atoms. The average Bonchev–Trinajstić information content (AvgIpc) is 2.61. The number of rotatable bonds is 4. The molecule has 4 N–H and O–H groups in total. The van der Waals surface area contributed by atoms with Gasteiger partial charge in [-0.25, -0.2) is 0 Å². The van der Waals surface area contributed by atoms with Gasteiger partial charge in [0.2, 0.25) is 11.5 Å². The first-order valence-corrected chi connectivity index (χ1v) is 7.69. The van der Waals surface area contributed by atoms with Gasteiger partial charge >= 0.3 is 0 Å². The third-order valence-corrected chi connectivity index (χ3v) is 4.28. The first-order chi connectivity index (χ1) is 12.3. The zero-order valence-electron chi connectivity index (χ0n) is 14.1. The summed E-state index contributed by atoms with van der Waals surface area (Å²) in [5.74, 6) is -2.07. The van der Waals surface area contributed by atoms with Gasteiger partial charge in [0.15, 0.2) is 28.6 Å². The van der Waals surface area contributed by atoms with E-state index in [4.69, 9.17) is 14.2 Å². The number of ether oxygens (including phenoxy) is 3. The molecule has 0 unspecified atom stereocenters. The second-order valence-corrected chi connectivity index (χ2v) is 5.98. The minimum Gasteiger partial charge on any atom is -0.504 e. The zero-order valence-corrected chi connectivity index (χ0v) is 14.1. The Balaban J connectivity index is 1.97. The number of carbonyl (C=O) groups excluding carboxylic acids is 1. The van der Waals surface area contributed by atoms with Crippen LogP contribution in [0.15, 0.2) is 24.3 Å². The molecule has 0 amide bonds. The van der Waals surface area contributed by atoms with Crippen molar-refractivity contribution in [2.24, 2.45) is 0 Å². The highest BCUT2D eigenvalue weighted by Crippen LogP contribution is 2.47. The fourth-order valence-electron chi connectivity index (χ4n) is 2.91. The van der Waals surface area contributed by atoms with Gasteiger partial charge in [-0.3, -0.25) is 4.79 Å². The van der Waals surface area contributed by atoms with Crippen molar-refractivity contribution in [1.82, 2.24) is 0 Å². The number of ketones is 1. The summed E-state index contributed by atoms with van der Waals surface area (Å²) in [6.45, 7) is -0.362. The quantitative estimate of drug-likeness (QED) is 0.601. The number of Topliss-reactive ketones (excluding diaryl/α,β-unsaturated/α-hetero) is 1. The molecule has 2 aromatic carbocycles. The van der Waals surface area contributed by atoms with Crippen molar-refractivity contribution >= 4 is 5.78 Å². The summed E-state index contributed by atoms with van der Waals surface area (Å²) in [5, 5.41) is 40.7. The summed E-state index contributed by atoms with van der Waals surface area (Å²) in [6.07, 6.45) is -0.172. The van der Waals surface area contributed by atoms with E-state index in [0.717, 1.165) is 0 Å². The van der Waals surface area contributed by atoms with Crippen LogP contribution in [-0.2, 0) is 6.42 Å². The van der Waals surface area contributed by atoms with Crippen molar-refractivity contribution in [3.05, 3.63) is 35.4 Å². The number of fused-ring (bicyclic) bond motifs is 1. The van der Waals surface area contributed by atoms with E-state index >= 15 is 0 Å². The smallest absolute Gasteiger partial charge is 0.205 e. The number of phenols is 3. The lowest BCUT2D eigenvalue weighted by Gasteiger charge is -2.32. The molecule has 3 rings (SSSR count). The first kappa shape index (κ1) is 17.7. The average molecular weight is 362 g/mol. The van der Waals surface area contributed by atoms with Crippen molar-refractivity contribution in [3.63, 3.8) is 0 Å². The topological polar surface area (TPSA) is 126 Å².